The Morgan fingerprint density at radius 1 is 0.459 bits per heavy atom. The summed E-state index contributed by atoms with van der Waals surface area (Å²) in [7, 11) is 0. The summed E-state index contributed by atoms with van der Waals surface area (Å²) in [5.41, 5.74) is -3.99. The van der Waals surface area contributed by atoms with Gasteiger partial charge in [0.2, 0.25) is 71.5 Å². The van der Waals surface area contributed by atoms with Crippen LogP contribution in [0.25, 0.3) is 11.1 Å². The molecule has 722 valence electrons. The first-order valence-electron chi connectivity index (χ1n) is 43.0. The van der Waals surface area contributed by atoms with Crippen LogP contribution in [0.4, 0.5) is 0 Å². The third-order valence-electron chi connectivity index (χ3n) is 23.8. The number of ether oxygens (including phenoxy) is 9. The number of hydrogen-bond donors (Lipinski definition) is 24. The number of rotatable bonds is 21. The third-order valence-corrected chi connectivity index (χ3v) is 24.3. The molecule has 24 N–H and O–H groups in total. The Morgan fingerprint density at radius 3 is 1.62 bits per heavy atom. The molecule has 0 aromatic heterocycles. The van der Waals surface area contributed by atoms with Crippen molar-refractivity contribution in [1.82, 2.24) is 47.9 Å². The predicted molar refractivity (Wildman–Crippen MR) is 463 cm³/mol. The van der Waals surface area contributed by atoms with Crippen molar-refractivity contribution < 1.29 is 167 Å². The molecule has 9 aliphatic rings. The van der Waals surface area contributed by atoms with Gasteiger partial charge in [-0.3, -0.25) is 43.2 Å². The van der Waals surface area contributed by atoms with Crippen molar-refractivity contribution in [3.05, 3.63) is 164 Å². The van der Waals surface area contributed by atoms with Gasteiger partial charge in [0, 0.05) is 55.5 Å². The van der Waals surface area contributed by atoms with Gasteiger partial charge in [-0.2, -0.15) is 0 Å². The Kier molecular flexibility index (Phi) is 30.7. The summed E-state index contributed by atoms with van der Waals surface area (Å²) in [5.74, 6) is -20.8. The number of nitrogens with one attached hydrogen (secondary N) is 9. The number of aliphatic hydroxyl groups is 10. The van der Waals surface area contributed by atoms with E-state index in [-0.39, 0.29) is 28.3 Å². The number of carboxylic acids is 1. The van der Waals surface area contributed by atoms with E-state index in [0.717, 1.165) is 137 Å². The average molecular weight is 1920 g/mol. The van der Waals surface area contributed by atoms with E-state index in [1.807, 2.05) is 0 Å². The fourth-order valence-electron chi connectivity index (χ4n) is 16.9. The van der Waals surface area contributed by atoms with Crippen LogP contribution in [0.5, 0.6) is 69.0 Å². The second kappa shape index (κ2) is 42.2. The minimum atomic E-state index is -2.60. The second-order valence-electron chi connectivity index (χ2n) is 33.4. The minimum Gasteiger partial charge on any atom is -0.508 e. The van der Waals surface area contributed by atoms with Gasteiger partial charge in [-0.05, 0) is 119 Å². The number of phenolic OH excluding ortho intramolecular Hbond substituents is 4. The Labute approximate surface area is 776 Å². The number of fused-ring (bicyclic) bond motifs is 14. The summed E-state index contributed by atoms with van der Waals surface area (Å²) in [6, 6.07) is 0.103. The van der Waals surface area contributed by atoms with Crippen LogP contribution < -0.4 is 71.5 Å². The number of aromatic hydroxyl groups is 4. The van der Waals surface area contributed by atoms with E-state index in [1.54, 1.807) is 0 Å². The van der Waals surface area contributed by atoms with Gasteiger partial charge in [-0.1, -0.05) is 92.9 Å². The highest BCUT2D eigenvalue weighted by molar-refractivity contribution is 6.32. The van der Waals surface area contributed by atoms with Crippen LogP contribution in [-0.4, -0.2) is 260 Å². The van der Waals surface area contributed by atoms with E-state index in [4.69, 9.17) is 65.8 Å². The molecule has 9 aliphatic heterocycles. The number of benzene rings is 7. The van der Waals surface area contributed by atoms with Crippen molar-refractivity contribution in [2.24, 2.45) is 0 Å². The van der Waals surface area contributed by atoms with Gasteiger partial charge in [0.15, 0.2) is 35.3 Å². The molecule has 0 spiro atoms. The Bertz CT molecular complexity index is 5680. The van der Waals surface area contributed by atoms with Crippen LogP contribution in [-0.2, 0) is 73.3 Å². The van der Waals surface area contributed by atoms with Crippen molar-refractivity contribution >= 4 is 82.3 Å². The molecule has 7 aromatic rings. The minimum absolute atomic E-state index is 0.0328. The van der Waals surface area contributed by atoms with E-state index in [1.165, 1.54) is 24.3 Å². The van der Waals surface area contributed by atoms with Crippen molar-refractivity contribution in [3.8, 4) is 80.1 Å². The number of carboxylic acid groups (broad SMARTS) is 1. The summed E-state index contributed by atoms with van der Waals surface area (Å²) in [5, 5.41) is 193. The zero-order chi connectivity index (χ0) is 97.0. The molecule has 9 amide bonds. The van der Waals surface area contributed by atoms with Gasteiger partial charge in [-0.25, -0.2) is 4.79 Å². The van der Waals surface area contributed by atoms with Gasteiger partial charge in [0.1, 0.15) is 156 Å². The molecule has 0 radical (unpaired) electrons. The topological polar surface area (TPSA) is 665 Å². The highest BCUT2D eigenvalue weighted by Crippen LogP contribution is 2.51. The van der Waals surface area contributed by atoms with E-state index in [9.17, 15) is 95.8 Å². The molecule has 135 heavy (non-hydrogen) atoms. The maximum Gasteiger partial charge on any atom is 0.330 e. The molecule has 9 heterocycles. The number of carbonyl (C=O) groups excluding carboxylic acids is 9. The van der Waals surface area contributed by atoms with Gasteiger partial charge in [0.25, 0.3) is 0 Å². The highest BCUT2D eigenvalue weighted by Gasteiger charge is 2.52. The van der Waals surface area contributed by atoms with E-state index in [0.29, 0.717) is 12.8 Å². The lowest BCUT2D eigenvalue weighted by molar-refractivity contribution is -0.284. The first-order chi connectivity index (χ1) is 64.4. The summed E-state index contributed by atoms with van der Waals surface area (Å²) in [6.07, 6.45) is -24.1. The van der Waals surface area contributed by atoms with Gasteiger partial charge >= 0.3 is 5.97 Å². The number of hydrogen-bond acceptors (Lipinski definition) is 33. The SMILES string of the molecule is CCCCCCCCCC(=O)NC1C(Oc2c3cc4cc2Oc2ccc(cc2Cl)C(OC2OC(CO)C(O)C(O)C2NC(C)=O)C2NC(=O)C(NC(=O)C4NC(=O)C4NC(=O)C(Cc5ccc(c(Cl)c5)O3)NC(=O)C(NC(C)=O)c3ccc(O)c(c3)Oc3cc(O)cc4c3)c3ccc(O)c(c3)-c3c(OC4OC(CO)C(O)C(O)C4O)cc(O)cc3C(C(=O)O)NC2=O)OC(CO)C(O)C1O. The summed E-state index contributed by atoms with van der Waals surface area (Å²) < 4.78 is 57.6. The monoisotopic (exact) mass is 1920 g/mol. The molecule has 16 rings (SSSR count). The van der Waals surface area contributed by atoms with Crippen molar-refractivity contribution in [2.45, 2.75) is 219 Å². The van der Waals surface area contributed by atoms with Gasteiger partial charge in [0.05, 0.1) is 29.9 Å². The van der Waals surface area contributed by atoms with Crippen LogP contribution in [0.15, 0.2) is 115 Å². The maximum absolute atomic E-state index is 17.1. The first-order valence-corrected chi connectivity index (χ1v) is 43.8. The molecule has 3 fully saturated rings. The maximum atomic E-state index is 17.1. The molecule has 17 bridgehead atoms. The Morgan fingerprint density at radius 2 is 1.00 bits per heavy atom. The van der Waals surface area contributed by atoms with Gasteiger partial charge < -0.3 is 167 Å². The van der Waals surface area contributed by atoms with Gasteiger partial charge in [-0.15, -0.1) is 0 Å². The summed E-state index contributed by atoms with van der Waals surface area (Å²) in [4.78, 5) is 152. The number of aliphatic hydroxyl groups excluding tert-OH is 10. The van der Waals surface area contributed by atoms with E-state index in [2.05, 4.69) is 54.8 Å². The number of carbonyl (C=O) groups is 10. The zero-order valence-electron chi connectivity index (χ0n) is 72.0. The standard InChI is InChI=1S/C90H99Cl2N9O34/c1-4-5-6-7-8-9-10-11-62(111)96-70-76(116)73(113)60(33-103)132-89(70)135-80-57-27-42-28-58(80)129-54-19-15-40(25-49(54)92)79(134-88-69(94-36(3)106)75(115)72(112)59(32-102)131-88)71-86(124)100-68(87(125)126)47-30-44(108)31-56(130-90-78(118)77(117)74(114)61(34-104)133-90)63(47)46-24-38(13-16-51(46)109)65(83(121)101-71)98-85(123)67(42)99-84(122)66-41-22-43(107)29-45(23-41)127-55-26-39(14-17-52(55)110)64(93-35(2)105)82(120)95-50(81(119)97-66)21-37-12-18-53(128-57)48(91)20-37/h12-20,22-31,50,59-61,64-79,88-90,102-104,107-110,112-118H,4-11,21,32-34H2,1-3H3,(H,93,105)(H,94,106)(H,95,120)(H,96,111)(H,97,119)(H,98,123)(H,99,122)(H,100,124)(H,101,121)(H,125,126). The van der Waals surface area contributed by atoms with Crippen molar-refractivity contribution in [2.75, 3.05) is 19.8 Å². The number of unbranched alkanes of at least 4 members (excludes halogenated alkanes) is 6. The van der Waals surface area contributed by atoms with Crippen LogP contribution in [0, 0.1) is 0 Å². The van der Waals surface area contributed by atoms with Crippen LogP contribution in [0.1, 0.15) is 147 Å². The smallest absolute Gasteiger partial charge is 0.330 e. The number of halogens is 2. The Balaban J connectivity index is 1.04. The lowest BCUT2D eigenvalue weighted by Crippen LogP contribution is -2.65. The molecule has 23 unspecified atom stereocenters. The summed E-state index contributed by atoms with van der Waals surface area (Å²) in [6.45, 7) is 0.936. The fraction of sp³-hybridized carbons (Fsp3) is 0.422. The molecule has 7 aromatic carbocycles. The van der Waals surface area contributed by atoms with Crippen LogP contribution >= 0.6 is 23.2 Å². The molecular formula is C90H99Cl2N9O34. The van der Waals surface area contributed by atoms with Crippen molar-refractivity contribution in [1.29, 1.82) is 0 Å². The average Bonchev–Trinajstić information content (AvgIpc) is 0.750. The number of phenols is 4. The molecule has 0 aliphatic carbocycles. The molecule has 0 saturated carbocycles. The fourth-order valence-corrected chi connectivity index (χ4v) is 17.3. The number of aliphatic carboxylic acids is 1. The van der Waals surface area contributed by atoms with E-state index < -0.39 is 333 Å². The molecule has 23 atom stereocenters. The third kappa shape index (κ3) is 21.7. The van der Waals surface area contributed by atoms with E-state index >= 15 is 28.8 Å². The zero-order valence-corrected chi connectivity index (χ0v) is 73.5. The lowest BCUT2D eigenvalue weighted by atomic mass is 9.89. The predicted octanol–water partition coefficient (Wildman–Crippen LogP) is 1.34. The first kappa shape index (κ1) is 98.5. The van der Waals surface area contributed by atoms with Crippen LogP contribution in [0.3, 0.4) is 0 Å². The van der Waals surface area contributed by atoms with Crippen LogP contribution in [0.2, 0.25) is 10.0 Å². The molecule has 43 nitrogen and oxygen atoms in total. The summed E-state index contributed by atoms with van der Waals surface area (Å²) >= 11 is 14.8. The molecule has 3 saturated heterocycles. The lowest BCUT2D eigenvalue weighted by Gasteiger charge is -2.44. The Hall–Kier alpha value is -12.5. The number of amides is 9. The molecule has 45 heteroatoms. The molecular weight excluding hydrogens is 1820 g/mol. The quantitative estimate of drug-likeness (QED) is 0.0451. The van der Waals surface area contributed by atoms with Crippen molar-refractivity contribution in [3.63, 3.8) is 0 Å². The second-order valence-corrected chi connectivity index (χ2v) is 34.2. The highest BCUT2D eigenvalue weighted by atomic mass is 35.5. The largest absolute Gasteiger partial charge is 0.508 e. The normalized spacial score (nSPS) is 28.4.